The molecule has 1 fully saturated rings. The fraction of sp³-hybridized carbons (Fsp3) is 0.917. The van der Waals surface area contributed by atoms with Crippen molar-refractivity contribution in [3.63, 3.8) is 0 Å². The molecule has 1 rings (SSSR count). The lowest BCUT2D eigenvalue weighted by atomic mass is 9.73. The van der Waals surface area contributed by atoms with Gasteiger partial charge in [0.25, 0.3) is 0 Å². The lowest BCUT2D eigenvalue weighted by Gasteiger charge is -2.56. The van der Waals surface area contributed by atoms with Crippen molar-refractivity contribution >= 4 is 5.91 Å². The maximum absolute atomic E-state index is 12.5. The van der Waals surface area contributed by atoms with E-state index in [2.05, 4.69) is 5.32 Å². The molecule has 0 aliphatic carbocycles. The summed E-state index contributed by atoms with van der Waals surface area (Å²) in [5.41, 5.74) is -2.02. The van der Waals surface area contributed by atoms with Crippen LogP contribution in [0.4, 0.5) is 0 Å². The molecule has 93 valence electrons. The van der Waals surface area contributed by atoms with E-state index in [1.54, 1.807) is 0 Å². The van der Waals surface area contributed by atoms with Crippen molar-refractivity contribution in [2.24, 2.45) is 0 Å². The number of hydroxylamine groups is 2. The Morgan fingerprint density at radius 1 is 1.12 bits per heavy atom. The fourth-order valence-corrected chi connectivity index (χ4v) is 2.29. The standard InChI is InChI=1S/C12H23N2O2/c1-7-12(8-2)9(15)13-10(3,4)11(5,6)14(12)16/h7-8H2,1-6H3,(H,13,15). The third-order valence-corrected chi connectivity index (χ3v) is 4.44. The zero-order chi connectivity index (χ0) is 12.8. The van der Waals surface area contributed by atoms with Gasteiger partial charge in [-0.3, -0.25) is 4.79 Å². The molecular formula is C12H23N2O2. The van der Waals surface area contributed by atoms with Crippen LogP contribution in [0, 0.1) is 0 Å². The molecule has 4 nitrogen and oxygen atoms in total. The minimum Gasteiger partial charge on any atom is -0.348 e. The number of rotatable bonds is 2. The Morgan fingerprint density at radius 3 is 1.94 bits per heavy atom. The summed E-state index contributed by atoms with van der Waals surface area (Å²) in [6, 6.07) is 0. The molecule has 1 N–H and O–H groups in total. The molecule has 1 radical (unpaired) electrons. The van der Waals surface area contributed by atoms with Crippen molar-refractivity contribution in [1.29, 1.82) is 0 Å². The second kappa shape index (κ2) is 3.70. The zero-order valence-electron chi connectivity index (χ0n) is 11.2. The second-order valence-corrected chi connectivity index (χ2v) is 5.67. The Balaban J connectivity index is 3.25. The summed E-state index contributed by atoms with van der Waals surface area (Å²) >= 11 is 0. The molecule has 0 atom stereocenters. The van der Waals surface area contributed by atoms with Gasteiger partial charge in [-0.1, -0.05) is 13.8 Å². The van der Waals surface area contributed by atoms with E-state index in [-0.39, 0.29) is 5.91 Å². The van der Waals surface area contributed by atoms with Crippen LogP contribution in [0.3, 0.4) is 0 Å². The Bertz CT molecular complexity index is 293. The van der Waals surface area contributed by atoms with Crippen LogP contribution >= 0.6 is 0 Å². The fourth-order valence-electron chi connectivity index (χ4n) is 2.29. The third kappa shape index (κ3) is 1.47. The summed E-state index contributed by atoms with van der Waals surface area (Å²) < 4.78 is 0. The van der Waals surface area contributed by atoms with Crippen LogP contribution in [0.2, 0.25) is 0 Å². The van der Waals surface area contributed by atoms with E-state index in [0.29, 0.717) is 12.8 Å². The Labute approximate surface area is 98.0 Å². The van der Waals surface area contributed by atoms with Gasteiger partial charge in [0, 0.05) is 0 Å². The van der Waals surface area contributed by atoms with E-state index >= 15 is 0 Å². The van der Waals surface area contributed by atoms with Crippen LogP contribution in [0.25, 0.3) is 0 Å². The minimum absolute atomic E-state index is 0.142. The predicted octanol–water partition coefficient (Wildman–Crippen LogP) is 1.88. The van der Waals surface area contributed by atoms with Gasteiger partial charge in [0.1, 0.15) is 5.54 Å². The zero-order valence-corrected chi connectivity index (χ0v) is 11.2. The van der Waals surface area contributed by atoms with Gasteiger partial charge in [-0.25, -0.2) is 0 Å². The molecule has 0 aromatic rings. The van der Waals surface area contributed by atoms with E-state index in [4.69, 9.17) is 0 Å². The molecule has 0 aromatic heterocycles. The monoisotopic (exact) mass is 227 g/mol. The highest BCUT2D eigenvalue weighted by Crippen LogP contribution is 2.40. The molecule has 1 aliphatic heterocycles. The summed E-state index contributed by atoms with van der Waals surface area (Å²) in [7, 11) is 0. The normalized spacial score (nSPS) is 27.6. The molecule has 0 saturated carbocycles. The number of hydrogen-bond acceptors (Lipinski definition) is 2. The first-order valence-corrected chi connectivity index (χ1v) is 5.96. The van der Waals surface area contributed by atoms with Crippen LogP contribution in [0.1, 0.15) is 54.4 Å². The molecular weight excluding hydrogens is 204 g/mol. The molecule has 1 heterocycles. The highest BCUT2D eigenvalue weighted by molar-refractivity contribution is 5.88. The van der Waals surface area contributed by atoms with Crippen molar-refractivity contribution in [3.8, 4) is 0 Å². The average Bonchev–Trinajstić information content (AvgIpc) is 2.17. The number of nitrogens with one attached hydrogen (secondary N) is 1. The van der Waals surface area contributed by atoms with Crippen molar-refractivity contribution < 1.29 is 10.0 Å². The van der Waals surface area contributed by atoms with Gasteiger partial charge in [0.15, 0.2) is 0 Å². The van der Waals surface area contributed by atoms with Crippen molar-refractivity contribution in [3.05, 3.63) is 0 Å². The van der Waals surface area contributed by atoms with Gasteiger partial charge in [-0.05, 0) is 40.5 Å². The lowest BCUT2D eigenvalue weighted by molar-refractivity contribution is -0.300. The molecule has 1 saturated heterocycles. The first-order chi connectivity index (χ1) is 7.15. The highest BCUT2D eigenvalue weighted by atomic mass is 16.5. The number of carbonyl (C=O) groups is 1. The third-order valence-electron chi connectivity index (χ3n) is 4.44. The molecule has 1 aliphatic rings. The Hall–Kier alpha value is -0.610. The summed E-state index contributed by atoms with van der Waals surface area (Å²) in [6.07, 6.45) is 1.08. The first kappa shape index (κ1) is 13.5. The SMILES string of the molecule is CCC1(CC)C(=O)NC(C)(C)C(C)(C)N1[O]. The number of amides is 1. The number of hydrogen-bond donors (Lipinski definition) is 1. The van der Waals surface area contributed by atoms with Gasteiger partial charge < -0.3 is 5.32 Å². The van der Waals surface area contributed by atoms with Crippen molar-refractivity contribution in [2.75, 3.05) is 0 Å². The van der Waals surface area contributed by atoms with Gasteiger partial charge in [0.2, 0.25) is 5.91 Å². The predicted molar refractivity (Wildman–Crippen MR) is 62.1 cm³/mol. The van der Waals surface area contributed by atoms with Gasteiger partial charge in [-0.2, -0.15) is 0 Å². The molecule has 1 amide bonds. The smallest absolute Gasteiger partial charge is 0.243 e. The largest absolute Gasteiger partial charge is 0.348 e. The maximum Gasteiger partial charge on any atom is 0.243 e. The maximum atomic E-state index is 12.5. The Morgan fingerprint density at radius 2 is 1.56 bits per heavy atom. The summed E-state index contributed by atoms with van der Waals surface area (Å²) in [5.74, 6) is -0.142. The van der Waals surface area contributed by atoms with E-state index in [1.165, 1.54) is 0 Å². The van der Waals surface area contributed by atoms with Crippen LogP contribution in [-0.2, 0) is 10.0 Å². The lowest BCUT2D eigenvalue weighted by Crippen LogP contribution is -2.78. The molecule has 0 aromatic carbocycles. The van der Waals surface area contributed by atoms with E-state index in [9.17, 15) is 10.0 Å². The summed E-state index contributed by atoms with van der Waals surface area (Å²) in [4.78, 5) is 12.1. The summed E-state index contributed by atoms with van der Waals surface area (Å²) in [6.45, 7) is 11.3. The quantitative estimate of drug-likeness (QED) is 0.783. The van der Waals surface area contributed by atoms with Gasteiger partial charge >= 0.3 is 0 Å². The highest BCUT2D eigenvalue weighted by Gasteiger charge is 2.59. The Kier molecular flexibility index (Phi) is 3.12. The number of carbonyl (C=O) groups excluding carboxylic acids is 1. The molecule has 0 spiro atoms. The minimum atomic E-state index is -0.904. The van der Waals surface area contributed by atoms with Crippen LogP contribution in [0.15, 0.2) is 0 Å². The van der Waals surface area contributed by atoms with Crippen molar-refractivity contribution in [1.82, 2.24) is 10.4 Å². The number of nitrogens with zero attached hydrogens (tertiary/aromatic N) is 1. The van der Waals surface area contributed by atoms with Crippen molar-refractivity contribution in [2.45, 2.75) is 71.0 Å². The first-order valence-electron chi connectivity index (χ1n) is 5.96. The summed E-state index contributed by atoms with van der Waals surface area (Å²) in [5, 5.41) is 16.5. The van der Waals surface area contributed by atoms with Crippen LogP contribution in [-0.4, -0.2) is 27.6 Å². The second-order valence-electron chi connectivity index (χ2n) is 5.67. The topological polar surface area (TPSA) is 52.2 Å². The van der Waals surface area contributed by atoms with E-state index < -0.39 is 16.6 Å². The van der Waals surface area contributed by atoms with E-state index in [1.807, 2.05) is 41.5 Å². The van der Waals surface area contributed by atoms with Gasteiger partial charge in [0.05, 0.1) is 11.1 Å². The van der Waals surface area contributed by atoms with Gasteiger partial charge in [-0.15, -0.1) is 10.3 Å². The molecule has 0 unspecified atom stereocenters. The number of piperazine rings is 1. The average molecular weight is 227 g/mol. The molecule has 4 heteroatoms. The molecule has 16 heavy (non-hydrogen) atoms. The van der Waals surface area contributed by atoms with Crippen LogP contribution < -0.4 is 5.32 Å². The van der Waals surface area contributed by atoms with E-state index in [0.717, 1.165) is 5.06 Å². The molecule has 0 bridgehead atoms. The van der Waals surface area contributed by atoms with Crippen LogP contribution in [0.5, 0.6) is 0 Å².